The first kappa shape index (κ1) is 23.6. The minimum atomic E-state index is 0. The van der Waals surface area contributed by atoms with Crippen LogP contribution >= 0.6 is 24.8 Å². The second-order valence-electron chi connectivity index (χ2n) is 2.21. The third-order valence-electron chi connectivity index (χ3n) is 1.19. The predicted octanol–water partition coefficient (Wildman–Crippen LogP) is 4.16. The molecule has 1 aliphatic carbocycles. The summed E-state index contributed by atoms with van der Waals surface area (Å²) in [5.41, 5.74) is 0. The van der Waals surface area contributed by atoms with Crippen molar-refractivity contribution < 1.29 is 26.2 Å². The van der Waals surface area contributed by atoms with Gasteiger partial charge in [-0.15, -0.1) is 31.2 Å². The van der Waals surface area contributed by atoms with Crippen LogP contribution in [-0.2, 0) is 26.2 Å². The van der Waals surface area contributed by atoms with Crippen molar-refractivity contribution in [2.45, 2.75) is 32.6 Å². The number of rotatable bonds is 2. The average molecular weight is 300 g/mol. The van der Waals surface area contributed by atoms with Crippen molar-refractivity contribution in [2.75, 3.05) is 0 Å². The van der Waals surface area contributed by atoms with Gasteiger partial charge in [0, 0.05) is 0 Å². The minimum Gasteiger partial charge on any atom is -0.343 e. The monoisotopic (exact) mass is 298 g/mol. The van der Waals surface area contributed by atoms with Crippen LogP contribution in [0, 0.1) is 13.0 Å². The fourth-order valence-corrected chi connectivity index (χ4v) is 0.590. The van der Waals surface area contributed by atoms with Gasteiger partial charge in [-0.2, -0.15) is 12.5 Å². The smallest absolute Gasteiger partial charge is 0.343 e. The van der Waals surface area contributed by atoms with Gasteiger partial charge in [0.05, 0.1) is 0 Å². The molecule has 0 aliphatic heterocycles. The molecular weight excluding hydrogens is 282 g/mol. The van der Waals surface area contributed by atoms with Crippen LogP contribution in [0.15, 0.2) is 18.2 Å². The molecule has 0 aromatic rings. The first-order valence-electron chi connectivity index (χ1n) is 3.92. The number of hydrogen-bond acceptors (Lipinski definition) is 0. The molecule has 3 heteroatoms. The van der Waals surface area contributed by atoms with Gasteiger partial charge in [-0.1, -0.05) is 19.8 Å². The Labute approximate surface area is 114 Å². The molecule has 0 saturated carbocycles. The van der Waals surface area contributed by atoms with E-state index in [1.165, 1.54) is 12.8 Å². The number of hydrogen-bond donors (Lipinski definition) is 0. The van der Waals surface area contributed by atoms with Crippen molar-refractivity contribution in [1.29, 1.82) is 0 Å². The topological polar surface area (TPSA) is 0 Å². The number of allylic oxidation sites excluding steroid dienone is 4. The minimum absolute atomic E-state index is 0. The van der Waals surface area contributed by atoms with Crippen LogP contribution in [0.4, 0.5) is 0 Å². The van der Waals surface area contributed by atoms with Gasteiger partial charge in [0.25, 0.3) is 0 Å². The van der Waals surface area contributed by atoms with Gasteiger partial charge in [-0.3, -0.25) is 6.08 Å². The summed E-state index contributed by atoms with van der Waals surface area (Å²) in [6.45, 7) is 5.85. The third-order valence-corrected chi connectivity index (χ3v) is 1.19. The van der Waals surface area contributed by atoms with Gasteiger partial charge in [0.15, 0.2) is 0 Å². The van der Waals surface area contributed by atoms with E-state index in [2.05, 4.69) is 26.0 Å². The van der Waals surface area contributed by atoms with Crippen LogP contribution < -0.4 is 0 Å². The second kappa shape index (κ2) is 23.1. The van der Waals surface area contributed by atoms with Crippen molar-refractivity contribution in [3.63, 3.8) is 0 Å². The summed E-state index contributed by atoms with van der Waals surface area (Å²) in [6, 6.07) is 0. The molecule has 0 saturated heterocycles. The molecule has 0 N–H and O–H groups in total. The second-order valence-corrected chi connectivity index (χ2v) is 2.21. The molecule has 0 fully saturated rings. The summed E-state index contributed by atoms with van der Waals surface area (Å²) < 4.78 is 0. The van der Waals surface area contributed by atoms with Crippen LogP contribution in [-0.4, -0.2) is 0 Å². The van der Waals surface area contributed by atoms with E-state index < -0.39 is 0 Å². The standard InChI is InChI=1S/C5H5.C5H11.2ClH.Zr/c1-2-4-5-3-1;1-3-5-4-2;;;/h1-3H,4H2;1,3-5H2,2H3;2*1H;/q2*-1;;;+2. The average Bonchev–Trinajstić information content (AvgIpc) is 2.44. The molecule has 13 heavy (non-hydrogen) atoms. The Morgan fingerprint density at radius 1 is 1.38 bits per heavy atom. The molecule has 0 amide bonds. The molecule has 0 radical (unpaired) electrons. The maximum absolute atomic E-state index is 3.68. The molecule has 0 atom stereocenters. The van der Waals surface area contributed by atoms with Crippen LogP contribution in [0.3, 0.4) is 0 Å². The van der Waals surface area contributed by atoms with Crippen molar-refractivity contribution in [3.8, 4) is 0 Å². The third kappa shape index (κ3) is 24.6. The molecule has 0 nitrogen and oxygen atoms in total. The van der Waals surface area contributed by atoms with Gasteiger partial charge >= 0.3 is 26.2 Å². The van der Waals surface area contributed by atoms with E-state index in [9.17, 15) is 0 Å². The summed E-state index contributed by atoms with van der Waals surface area (Å²) in [5.74, 6) is 0. The van der Waals surface area contributed by atoms with Gasteiger partial charge in [-0.25, -0.2) is 12.2 Å². The van der Waals surface area contributed by atoms with Crippen molar-refractivity contribution >= 4 is 24.8 Å². The largest absolute Gasteiger partial charge is 2.00 e. The zero-order chi connectivity index (χ0) is 7.66. The van der Waals surface area contributed by atoms with Gasteiger partial charge < -0.3 is 6.92 Å². The first-order valence-corrected chi connectivity index (χ1v) is 3.92. The van der Waals surface area contributed by atoms with E-state index >= 15 is 0 Å². The molecule has 0 aromatic heterocycles. The Morgan fingerprint density at radius 2 is 2.00 bits per heavy atom. The van der Waals surface area contributed by atoms with E-state index in [1.54, 1.807) is 0 Å². The van der Waals surface area contributed by atoms with Crippen LogP contribution in [0.2, 0.25) is 0 Å². The van der Waals surface area contributed by atoms with E-state index in [0.29, 0.717) is 0 Å². The van der Waals surface area contributed by atoms with Crippen LogP contribution in [0.1, 0.15) is 32.6 Å². The first-order chi connectivity index (χ1) is 4.91. The van der Waals surface area contributed by atoms with Crippen LogP contribution in [0.25, 0.3) is 0 Å². The maximum atomic E-state index is 3.68. The fourth-order valence-electron chi connectivity index (χ4n) is 0.590. The van der Waals surface area contributed by atoms with E-state index in [1.807, 2.05) is 12.2 Å². The molecule has 0 heterocycles. The van der Waals surface area contributed by atoms with E-state index in [4.69, 9.17) is 0 Å². The Balaban J connectivity index is -0.0000000506. The van der Waals surface area contributed by atoms with Crippen molar-refractivity contribution in [1.82, 2.24) is 0 Å². The van der Waals surface area contributed by atoms with Crippen molar-refractivity contribution in [2.24, 2.45) is 0 Å². The van der Waals surface area contributed by atoms with Gasteiger partial charge in [-0.05, 0) is 0 Å². The Kier molecular flexibility index (Phi) is 42.0. The molecule has 0 aromatic carbocycles. The van der Waals surface area contributed by atoms with Crippen LogP contribution in [0.5, 0.6) is 0 Å². The Bertz CT molecular complexity index is 99.5. The van der Waals surface area contributed by atoms with Gasteiger partial charge in [0.2, 0.25) is 0 Å². The summed E-state index contributed by atoms with van der Waals surface area (Å²) in [4.78, 5) is 0. The van der Waals surface area contributed by atoms with E-state index in [-0.39, 0.29) is 51.0 Å². The predicted molar refractivity (Wildman–Crippen MR) is 60.9 cm³/mol. The van der Waals surface area contributed by atoms with Crippen molar-refractivity contribution in [3.05, 3.63) is 31.2 Å². The molecule has 0 spiro atoms. The zero-order valence-electron chi connectivity index (χ0n) is 8.08. The summed E-state index contributed by atoms with van der Waals surface area (Å²) in [6.07, 6.45) is 13.7. The molecule has 0 unspecified atom stereocenters. The molecule has 76 valence electrons. The van der Waals surface area contributed by atoms with E-state index in [0.717, 1.165) is 12.8 Å². The number of unbranched alkanes of at least 4 members (excludes halogenated alkanes) is 2. The Hall–Kier alpha value is 0.943. The fraction of sp³-hybridized carbons (Fsp3) is 0.500. The summed E-state index contributed by atoms with van der Waals surface area (Å²) >= 11 is 0. The summed E-state index contributed by atoms with van der Waals surface area (Å²) in [5, 5.41) is 0. The SMILES string of the molecule is Cl.Cl.[C-]1=CC=CC1.[CH2-]CCCC.[Zr+2]. The maximum Gasteiger partial charge on any atom is 2.00 e. The Morgan fingerprint density at radius 3 is 2.08 bits per heavy atom. The molecule has 1 rings (SSSR count). The number of halogens is 2. The normalized spacial score (nSPS) is 10.0. The molecule has 1 aliphatic rings. The summed E-state index contributed by atoms with van der Waals surface area (Å²) in [7, 11) is 0. The van der Waals surface area contributed by atoms with Gasteiger partial charge in [0.1, 0.15) is 0 Å². The molecular formula is C10H18Cl2Zr. The zero-order valence-corrected chi connectivity index (χ0v) is 12.2. The molecule has 0 bridgehead atoms. The quantitative estimate of drug-likeness (QED) is 0.672.